The van der Waals surface area contributed by atoms with E-state index < -0.39 is 6.09 Å². The van der Waals surface area contributed by atoms with Crippen LogP contribution >= 0.6 is 11.6 Å². The van der Waals surface area contributed by atoms with E-state index in [-0.39, 0.29) is 13.2 Å². The molecule has 5 nitrogen and oxygen atoms in total. The van der Waals surface area contributed by atoms with Gasteiger partial charge in [0, 0.05) is 10.7 Å². The fourth-order valence-electron chi connectivity index (χ4n) is 1.13. The van der Waals surface area contributed by atoms with E-state index in [4.69, 9.17) is 26.3 Å². The van der Waals surface area contributed by atoms with Crippen molar-refractivity contribution in [1.29, 1.82) is 5.26 Å². The Morgan fingerprint density at radius 3 is 2.94 bits per heavy atom. The van der Waals surface area contributed by atoms with Gasteiger partial charge in [0.15, 0.2) is 0 Å². The molecule has 0 unspecified atom stereocenters. The largest absolute Gasteiger partial charge is 0.447 e. The molecule has 0 saturated heterocycles. The van der Waals surface area contributed by atoms with Gasteiger partial charge in [-0.3, -0.25) is 5.32 Å². The molecule has 0 radical (unpaired) electrons. The van der Waals surface area contributed by atoms with Gasteiger partial charge in [-0.05, 0) is 18.2 Å². The third-order valence-corrected chi connectivity index (χ3v) is 2.13. The second-order valence-corrected chi connectivity index (χ2v) is 3.73. The lowest BCUT2D eigenvalue weighted by molar-refractivity contribution is 0.0810. The van der Waals surface area contributed by atoms with Crippen LogP contribution in [0.4, 0.5) is 10.5 Å². The zero-order chi connectivity index (χ0) is 13.2. The molecule has 0 aliphatic heterocycles. The normalized spacial score (nSPS) is 9.56. The molecule has 0 aromatic heterocycles. The quantitative estimate of drug-likeness (QED) is 0.805. The lowest BCUT2D eigenvalue weighted by Crippen LogP contribution is -2.16. The van der Waals surface area contributed by atoms with Crippen molar-refractivity contribution in [1.82, 2.24) is 0 Å². The fraction of sp³-hybridized carbons (Fsp3) is 0.333. The topological polar surface area (TPSA) is 71.3 Å². The molecule has 1 N–H and O–H groups in total. The van der Waals surface area contributed by atoms with Gasteiger partial charge in [0.05, 0.1) is 25.7 Å². The third-order valence-electron chi connectivity index (χ3n) is 1.89. The van der Waals surface area contributed by atoms with Gasteiger partial charge in [-0.15, -0.1) is 0 Å². The number of ether oxygens (including phenoxy) is 2. The summed E-state index contributed by atoms with van der Waals surface area (Å²) in [5.41, 5.74) is 0.567. The zero-order valence-corrected chi connectivity index (χ0v) is 10.4. The Morgan fingerprint density at radius 2 is 2.22 bits per heavy atom. The Kier molecular flexibility index (Phi) is 6.62. The van der Waals surface area contributed by atoms with Gasteiger partial charge in [-0.25, -0.2) is 4.79 Å². The maximum Gasteiger partial charge on any atom is 0.411 e. The van der Waals surface area contributed by atoms with Crippen molar-refractivity contribution < 1.29 is 14.3 Å². The minimum atomic E-state index is -0.568. The van der Waals surface area contributed by atoms with E-state index in [1.54, 1.807) is 24.3 Å². The van der Waals surface area contributed by atoms with Gasteiger partial charge in [-0.2, -0.15) is 5.26 Å². The van der Waals surface area contributed by atoms with Crippen molar-refractivity contribution in [2.24, 2.45) is 0 Å². The Labute approximate surface area is 110 Å². The molecule has 0 heterocycles. The van der Waals surface area contributed by atoms with Crippen LogP contribution in [-0.2, 0) is 9.47 Å². The van der Waals surface area contributed by atoms with Gasteiger partial charge < -0.3 is 9.47 Å². The lowest BCUT2D eigenvalue weighted by Gasteiger charge is -2.07. The highest BCUT2D eigenvalue weighted by molar-refractivity contribution is 6.30. The molecule has 18 heavy (non-hydrogen) atoms. The summed E-state index contributed by atoms with van der Waals surface area (Å²) in [7, 11) is 0. The molecule has 0 atom stereocenters. The standard InChI is InChI=1S/C12H13ClN2O3/c13-10-3-1-4-11(9-10)15-12(16)18-8-7-17-6-2-5-14/h1,3-4,9H,2,6-8H2,(H,15,16). The van der Waals surface area contributed by atoms with Crippen LogP contribution in [0.3, 0.4) is 0 Å². The molecule has 96 valence electrons. The first-order chi connectivity index (χ1) is 8.72. The molecule has 0 saturated carbocycles. The molecule has 1 rings (SSSR count). The SMILES string of the molecule is N#CCCOCCOC(=O)Nc1cccc(Cl)c1. The third kappa shape index (κ3) is 6.09. The molecule has 0 spiro atoms. The van der Waals surface area contributed by atoms with Crippen LogP contribution < -0.4 is 5.32 Å². The van der Waals surface area contributed by atoms with E-state index >= 15 is 0 Å². The summed E-state index contributed by atoms with van der Waals surface area (Å²) in [5.74, 6) is 0. The second kappa shape index (κ2) is 8.34. The van der Waals surface area contributed by atoms with Crippen molar-refractivity contribution in [3.8, 4) is 6.07 Å². The van der Waals surface area contributed by atoms with E-state index in [9.17, 15) is 4.79 Å². The minimum absolute atomic E-state index is 0.137. The van der Waals surface area contributed by atoms with Crippen LogP contribution in [0, 0.1) is 11.3 Å². The van der Waals surface area contributed by atoms with Crippen molar-refractivity contribution in [3.63, 3.8) is 0 Å². The first kappa shape index (κ1) is 14.3. The zero-order valence-electron chi connectivity index (χ0n) is 9.69. The van der Waals surface area contributed by atoms with Crippen LogP contribution in [0.15, 0.2) is 24.3 Å². The van der Waals surface area contributed by atoms with E-state index in [1.165, 1.54) is 0 Å². The first-order valence-electron chi connectivity index (χ1n) is 5.36. The first-order valence-corrected chi connectivity index (χ1v) is 5.74. The summed E-state index contributed by atoms with van der Waals surface area (Å²) in [5, 5.41) is 11.3. The number of amides is 1. The summed E-state index contributed by atoms with van der Waals surface area (Å²) in [4.78, 5) is 11.3. The van der Waals surface area contributed by atoms with Gasteiger partial charge in [0.1, 0.15) is 6.61 Å². The van der Waals surface area contributed by atoms with E-state index in [0.717, 1.165) is 0 Å². The van der Waals surface area contributed by atoms with E-state index in [1.807, 2.05) is 6.07 Å². The highest BCUT2D eigenvalue weighted by Crippen LogP contribution is 2.14. The van der Waals surface area contributed by atoms with Crippen molar-refractivity contribution in [2.45, 2.75) is 6.42 Å². The molecule has 6 heteroatoms. The molecule has 0 aliphatic rings. The summed E-state index contributed by atoms with van der Waals surface area (Å²) in [6, 6.07) is 8.70. The summed E-state index contributed by atoms with van der Waals surface area (Å²) in [6.07, 6.45) is -0.240. The molecular formula is C12H13ClN2O3. The number of nitrogens with one attached hydrogen (secondary N) is 1. The summed E-state index contributed by atoms with van der Waals surface area (Å²) in [6.45, 7) is 0.748. The monoisotopic (exact) mass is 268 g/mol. The molecule has 0 bridgehead atoms. The Hall–Kier alpha value is -1.77. The van der Waals surface area contributed by atoms with Crippen LogP contribution in [0.1, 0.15) is 6.42 Å². The number of anilines is 1. The van der Waals surface area contributed by atoms with Crippen molar-refractivity contribution in [3.05, 3.63) is 29.3 Å². The number of nitriles is 1. The van der Waals surface area contributed by atoms with Crippen LogP contribution in [-0.4, -0.2) is 25.9 Å². The predicted octanol–water partition coefficient (Wildman–Crippen LogP) is 2.82. The number of rotatable bonds is 6. The van der Waals surface area contributed by atoms with Crippen LogP contribution in [0.5, 0.6) is 0 Å². The average Bonchev–Trinajstić information content (AvgIpc) is 2.33. The Balaban J connectivity index is 2.16. The average molecular weight is 269 g/mol. The number of benzene rings is 1. The molecule has 1 aromatic carbocycles. The second-order valence-electron chi connectivity index (χ2n) is 3.29. The van der Waals surface area contributed by atoms with E-state index in [2.05, 4.69) is 5.32 Å². The van der Waals surface area contributed by atoms with Crippen LogP contribution in [0.25, 0.3) is 0 Å². The predicted molar refractivity (Wildman–Crippen MR) is 67.5 cm³/mol. The maximum atomic E-state index is 11.3. The molecule has 0 fully saturated rings. The van der Waals surface area contributed by atoms with Crippen LogP contribution in [0.2, 0.25) is 5.02 Å². The molecule has 1 amide bonds. The number of hydrogen-bond donors (Lipinski definition) is 1. The number of carbonyl (C=O) groups is 1. The Morgan fingerprint density at radius 1 is 1.39 bits per heavy atom. The van der Waals surface area contributed by atoms with Gasteiger partial charge in [0.2, 0.25) is 0 Å². The highest BCUT2D eigenvalue weighted by Gasteiger charge is 2.02. The molecule has 1 aromatic rings. The lowest BCUT2D eigenvalue weighted by atomic mass is 10.3. The number of hydrogen-bond acceptors (Lipinski definition) is 4. The number of halogens is 1. The Bertz CT molecular complexity index is 432. The van der Waals surface area contributed by atoms with Crippen molar-refractivity contribution in [2.75, 3.05) is 25.1 Å². The summed E-state index contributed by atoms with van der Waals surface area (Å²) >= 11 is 5.77. The van der Waals surface area contributed by atoms with Gasteiger partial charge in [-0.1, -0.05) is 17.7 Å². The summed E-state index contributed by atoms with van der Waals surface area (Å²) < 4.78 is 9.91. The van der Waals surface area contributed by atoms with Crippen molar-refractivity contribution >= 4 is 23.4 Å². The number of nitrogens with zero attached hydrogens (tertiary/aromatic N) is 1. The molecular weight excluding hydrogens is 256 g/mol. The highest BCUT2D eigenvalue weighted by atomic mass is 35.5. The van der Waals surface area contributed by atoms with Gasteiger partial charge >= 0.3 is 6.09 Å². The fourth-order valence-corrected chi connectivity index (χ4v) is 1.32. The minimum Gasteiger partial charge on any atom is -0.447 e. The van der Waals surface area contributed by atoms with Gasteiger partial charge in [0.25, 0.3) is 0 Å². The molecule has 0 aliphatic carbocycles. The maximum absolute atomic E-state index is 11.3. The number of carbonyl (C=O) groups excluding carboxylic acids is 1. The van der Waals surface area contributed by atoms with E-state index in [0.29, 0.717) is 23.7 Å². The smallest absolute Gasteiger partial charge is 0.411 e.